The van der Waals surface area contributed by atoms with Crippen LogP contribution in [0, 0.1) is 11.3 Å². The first-order chi connectivity index (χ1) is 6.83. The second kappa shape index (κ2) is 3.34. The standard InChI is InChI=1S/C8H10N2O5/c1-3(2)8(6(13)14)4(11)9-7(15)10-5(8)12/h3H,1-2H3,(H,13,14)(H2,9,10,11,12,15). The predicted octanol–water partition coefficient (Wildman–Crippen LogP) is -0.921. The van der Waals surface area contributed by atoms with Gasteiger partial charge in [-0.2, -0.15) is 0 Å². The molecule has 0 spiro atoms. The van der Waals surface area contributed by atoms with E-state index in [-0.39, 0.29) is 0 Å². The lowest BCUT2D eigenvalue weighted by molar-refractivity contribution is -0.165. The van der Waals surface area contributed by atoms with Gasteiger partial charge in [-0.1, -0.05) is 13.8 Å². The smallest absolute Gasteiger partial charge is 0.329 e. The van der Waals surface area contributed by atoms with Crippen molar-refractivity contribution < 1.29 is 24.3 Å². The van der Waals surface area contributed by atoms with E-state index >= 15 is 0 Å². The van der Waals surface area contributed by atoms with Gasteiger partial charge in [0.05, 0.1) is 0 Å². The average molecular weight is 214 g/mol. The Morgan fingerprint density at radius 3 is 1.87 bits per heavy atom. The number of urea groups is 1. The number of aliphatic carboxylic acids is 1. The van der Waals surface area contributed by atoms with Crippen LogP contribution in [0.4, 0.5) is 4.79 Å². The molecule has 15 heavy (non-hydrogen) atoms. The first kappa shape index (κ1) is 11.2. The maximum atomic E-state index is 11.4. The van der Waals surface area contributed by atoms with E-state index in [1.807, 2.05) is 0 Å². The molecule has 1 heterocycles. The fraction of sp³-hybridized carbons (Fsp3) is 0.500. The van der Waals surface area contributed by atoms with Crippen molar-refractivity contribution >= 4 is 23.8 Å². The van der Waals surface area contributed by atoms with Gasteiger partial charge in [-0.15, -0.1) is 0 Å². The molecule has 4 amide bonds. The van der Waals surface area contributed by atoms with Gasteiger partial charge in [0, 0.05) is 0 Å². The number of carboxylic acid groups (broad SMARTS) is 1. The third-order valence-electron chi connectivity index (χ3n) is 2.37. The fourth-order valence-corrected chi connectivity index (χ4v) is 1.50. The van der Waals surface area contributed by atoms with Crippen LogP contribution in [-0.2, 0) is 14.4 Å². The molecule has 0 bridgehead atoms. The molecule has 1 fully saturated rings. The van der Waals surface area contributed by atoms with Gasteiger partial charge in [0.25, 0.3) is 11.8 Å². The summed E-state index contributed by atoms with van der Waals surface area (Å²) in [6, 6.07) is -0.998. The minimum Gasteiger partial charge on any atom is -0.480 e. The number of carboxylic acids is 1. The van der Waals surface area contributed by atoms with Crippen molar-refractivity contribution in [3.8, 4) is 0 Å². The third kappa shape index (κ3) is 1.36. The number of barbiturate groups is 1. The zero-order valence-electron chi connectivity index (χ0n) is 8.16. The Morgan fingerprint density at radius 2 is 1.60 bits per heavy atom. The summed E-state index contributed by atoms with van der Waals surface area (Å²) >= 11 is 0. The SMILES string of the molecule is CC(C)C1(C(=O)O)C(=O)NC(=O)NC1=O. The van der Waals surface area contributed by atoms with Crippen LogP contribution < -0.4 is 10.6 Å². The van der Waals surface area contributed by atoms with Gasteiger partial charge in [-0.25, -0.2) is 4.79 Å². The lowest BCUT2D eigenvalue weighted by Gasteiger charge is -2.32. The van der Waals surface area contributed by atoms with Crippen LogP contribution in [0.2, 0.25) is 0 Å². The van der Waals surface area contributed by atoms with E-state index in [1.165, 1.54) is 13.8 Å². The number of nitrogens with one attached hydrogen (secondary N) is 2. The minimum atomic E-state index is -2.23. The summed E-state index contributed by atoms with van der Waals surface area (Å²) < 4.78 is 0. The van der Waals surface area contributed by atoms with Crippen molar-refractivity contribution in [2.45, 2.75) is 13.8 Å². The van der Waals surface area contributed by atoms with Crippen LogP contribution in [-0.4, -0.2) is 28.9 Å². The Balaban J connectivity index is 3.28. The Kier molecular flexibility index (Phi) is 2.48. The summed E-state index contributed by atoms with van der Waals surface area (Å²) in [5.41, 5.74) is -2.23. The molecule has 7 heteroatoms. The summed E-state index contributed by atoms with van der Waals surface area (Å²) in [5.74, 6) is -4.53. The Morgan fingerprint density at radius 1 is 1.20 bits per heavy atom. The third-order valence-corrected chi connectivity index (χ3v) is 2.37. The molecule has 0 atom stereocenters. The number of amides is 4. The fourth-order valence-electron chi connectivity index (χ4n) is 1.50. The van der Waals surface area contributed by atoms with Crippen LogP contribution in [0.15, 0.2) is 0 Å². The highest BCUT2D eigenvalue weighted by Crippen LogP contribution is 2.30. The Bertz CT molecular complexity index is 340. The quantitative estimate of drug-likeness (QED) is 0.514. The van der Waals surface area contributed by atoms with Crippen molar-refractivity contribution in [1.29, 1.82) is 0 Å². The number of imide groups is 2. The minimum absolute atomic E-state index is 0.761. The van der Waals surface area contributed by atoms with Gasteiger partial charge in [-0.05, 0) is 5.92 Å². The second-order valence-electron chi connectivity index (χ2n) is 3.51. The largest absolute Gasteiger partial charge is 0.480 e. The van der Waals surface area contributed by atoms with E-state index in [2.05, 4.69) is 0 Å². The molecule has 0 aromatic carbocycles. The van der Waals surface area contributed by atoms with Crippen molar-refractivity contribution in [1.82, 2.24) is 10.6 Å². The van der Waals surface area contributed by atoms with Gasteiger partial charge in [-0.3, -0.25) is 25.0 Å². The molecule has 0 aliphatic carbocycles. The lowest BCUT2D eigenvalue weighted by atomic mass is 9.74. The summed E-state index contributed by atoms with van der Waals surface area (Å²) in [4.78, 5) is 44.7. The van der Waals surface area contributed by atoms with Crippen LogP contribution in [0.5, 0.6) is 0 Å². The highest BCUT2D eigenvalue weighted by molar-refractivity contribution is 6.29. The normalized spacial score (nSPS) is 19.8. The van der Waals surface area contributed by atoms with Crippen LogP contribution in [0.25, 0.3) is 0 Å². The first-order valence-corrected chi connectivity index (χ1v) is 4.23. The zero-order chi connectivity index (χ0) is 11.8. The summed E-state index contributed by atoms with van der Waals surface area (Å²) in [6.07, 6.45) is 0. The number of hydrogen-bond acceptors (Lipinski definition) is 4. The monoisotopic (exact) mass is 214 g/mol. The lowest BCUT2D eigenvalue weighted by Crippen LogP contribution is -2.67. The molecule has 1 aliphatic rings. The van der Waals surface area contributed by atoms with Crippen molar-refractivity contribution in [3.63, 3.8) is 0 Å². The molecular weight excluding hydrogens is 204 g/mol. The Labute approximate surface area is 84.8 Å². The van der Waals surface area contributed by atoms with E-state index in [0.717, 1.165) is 0 Å². The van der Waals surface area contributed by atoms with Crippen LogP contribution in [0.3, 0.4) is 0 Å². The number of hydrogen-bond donors (Lipinski definition) is 3. The van der Waals surface area contributed by atoms with Gasteiger partial charge in [0.2, 0.25) is 5.41 Å². The molecule has 0 aromatic rings. The molecule has 1 saturated heterocycles. The van der Waals surface area contributed by atoms with Gasteiger partial charge < -0.3 is 5.11 Å². The van der Waals surface area contributed by atoms with Gasteiger partial charge in [0.1, 0.15) is 0 Å². The van der Waals surface area contributed by atoms with Gasteiger partial charge >= 0.3 is 12.0 Å². The van der Waals surface area contributed by atoms with Crippen LogP contribution >= 0.6 is 0 Å². The predicted molar refractivity (Wildman–Crippen MR) is 46.6 cm³/mol. The maximum Gasteiger partial charge on any atom is 0.329 e. The first-order valence-electron chi connectivity index (χ1n) is 4.23. The molecule has 7 nitrogen and oxygen atoms in total. The highest BCUT2D eigenvalue weighted by atomic mass is 16.4. The van der Waals surface area contributed by atoms with Crippen LogP contribution in [0.1, 0.15) is 13.8 Å². The molecule has 0 unspecified atom stereocenters. The van der Waals surface area contributed by atoms with Crippen molar-refractivity contribution in [2.24, 2.45) is 11.3 Å². The second-order valence-corrected chi connectivity index (χ2v) is 3.51. The zero-order valence-corrected chi connectivity index (χ0v) is 8.16. The van der Waals surface area contributed by atoms with Crippen molar-refractivity contribution in [2.75, 3.05) is 0 Å². The molecule has 0 saturated carbocycles. The number of carbonyl (C=O) groups excluding carboxylic acids is 3. The molecule has 0 radical (unpaired) electrons. The van der Waals surface area contributed by atoms with E-state index in [9.17, 15) is 19.2 Å². The van der Waals surface area contributed by atoms with E-state index in [1.54, 1.807) is 10.6 Å². The van der Waals surface area contributed by atoms with E-state index in [4.69, 9.17) is 5.11 Å². The topological polar surface area (TPSA) is 113 Å². The summed E-state index contributed by atoms with van der Waals surface area (Å²) in [5, 5.41) is 12.5. The van der Waals surface area contributed by atoms with Gasteiger partial charge in [0.15, 0.2) is 0 Å². The van der Waals surface area contributed by atoms with E-state index < -0.39 is 35.1 Å². The summed E-state index contributed by atoms with van der Waals surface area (Å²) in [7, 11) is 0. The van der Waals surface area contributed by atoms with Crippen molar-refractivity contribution in [3.05, 3.63) is 0 Å². The molecule has 1 aliphatic heterocycles. The summed E-state index contributed by atoms with van der Waals surface area (Å²) in [6.45, 7) is 2.84. The van der Waals surface area contributed by atoms with E-state index in [0.29, 0.717) is 0 Å². The molecule has 1 rings (SSSR count). The molecule has 3 N–H and O–H groups in total. The number of rotatable bonds is 2. The molecule has 82 valence electrons. The number of carbonyl (C=O) groups is 4. The molecule has 0 aromatic heterocycles. The highest BCUT2D eigenvalue weighted by Gasteiger charge is 2.59. The maximum absolute atomic E-state index is 11.4. The molecular formula is C8H10N2O5. The Hall–Kier alpha value is -1.92. The average Bonchev–Trinajstić information content (AvgIpc) is 2.00.